The first-order valence-corrected chi connectivity index (χ1v) is 11.6. The molecule has 1 aromatic heterocycles. The third-order valence-corrected chi connectivity index (χ3v) is 5.98. The molecule has 1 atom stereocenters. The third kappa shape index (κ3) is 7.96. The summed E-state index contributed by atoms with van der Waals surface area (Å²) >= 11 is 5.91. The summed E-state index contributed by atoms with van der Waals surface area (Å²) in [5.74, 6) is -4.76. The van der Waals surface area contributed by atoms with Gasteiger partial charge in [-0.1, -0.05) is 59.2 Å². The lowest BCUT2D eigenvalue weighted by Gasteiger charge is -2.30. The predicted molar refractivity (Wildman–Crippen MR) is 130 cm³/mol. The van der Waals surface area contributed by atoms with E-state index in [2.05, 4.69) is 10.5 Å². The van der Waals surface area contributed by atoms with E-state index in [0.29, 0.717) is 11.3 Å². The highest BCUT2D eigenvalue weighted by Gasteiger charge is 2.35. The summed E-state index contributed by atoms with van der Waals surface area (Å²) in [5, 5.41) is 15.0. The zero-order valence-corrected chi connectivity index (χ0v) is 20.6. The molecule has 2 aromatic carbocycles. The van der Waals surface area contributed by atoms with Crippen molar-refractivity contribution >= 4 is 29.5 Å². The summed E-state index contributed by atoms with van der Waals surface area (Å²) in [5.41, 5.74) is 1.59. The Labute approximate surface area is 216 Å². The molecule has 12 heteroatoms. The molecule has 3 rings (SSSR count). The van der Waals surface area contributed by atoms with Crippen molar-refractivity contribution in [3.8, 4) is 11.3 Å². The van der Waals surface area contributed by atoms with Crippen molar-refractivity contribution < 1.29 is 37.1 Å². The number of hydrogen-bond acceptors (Lipinski definition) is 6. The van der Waals surface area contributed by atoms with Crippen molar-refractivity contribution in [2.45, 2.75) is 31.2 Å². The number of halogens is 4. The largest absolute Gasteiger partial charge is 0.447 e. The number of rotatable bonds is 11. The maximum Gasteiger partial charge on any atom is 0.414 e. The Morgan fingerprint density at radius 1 is 1.22 bits per heavy atom. The summed E-state index contributed by atoms with van der Waals surface area (Å²) in [6, 6.07) is 13.4. The number of aliphatic hydroxyl groups is 1. The molecule has 0 saturated heterocycles. The normalized spacial score (nSPS) is 12.2. The maximum atomic E-state index is 14.0. The summed E-state index contributed by atoms with van der Waals surface area (Å²) in [7, 11) is 1.28. The zero-order valence-electron chi connectivity index (χ0n) is 19.8. The van der Waals surface area contributed by atoms with Crippen LogP contribution in [-0.4, -0.2) is 59.4 Å². The van der Waals surface area contributed by atoms with E-state index >= 15 is 0 Å². The van der Waals surface area contributed by atoms with Crippen molar-refractivity contribution in [3.05, 3.63) is 71.0 Å². The molecule has 2 amide bonds. The van der Waals surface area contributed by atoms with E-state index in [0.717, 1.165) is 10.5 Å². The van der Waals surface area contributed by atoms with Gasteiger partial charge in [-0.05, 0) is 18.1 Å². The Morgan fingerprint density at radius 2 is 1.95 bits per heavy atom. The van der Waals surface area contributed by atoms with E-state index in [-0.39, 0.29) is 23.7 Å². The standard InChI is InChI=1S/C25H25ClF3N3O5/c1-32(22(34)11-10-17-8-5-9-19(27)23(17)26)18(13-25(28,29)15-33)14-36-24(35)30-21-12-20(31-37-21)16-6-3-2-4-7-16/h2-9,12,18,33H,10-11,13-15H2,1H3,(H,30,35)/t18-/m0/s1. The van der Waals surface area contributed by atoms with Crippen LogP contribution in [0.1, 0.15) is 18.4 Å². The molecule has 0 saturated carbocycles. The second kappa shape index (κ2) is 12.6. The summed E-state index contributed by atoms with van der Waals surface area (Å²) in [4.78, 5) is 26.0. The number of aromatic nitrogens is 1. The first kappa shape index (κ1) is 28.0. The van der Waals surface area contributed by atoms with Crippen molar-refractivity contribution in [1.82, 2.24) is 10.1 Å². The fourth-order valence-corrected chi connectivity index (χ4v) is 3.69. The van der Waals surface area contributed by atoms with Crippen molar-refractivity contribution in [2.24, 2.45) is 0 Å². The highest BCUT2D eigenvalue weighted by Crippen LogP contribution is 2.25. The molecule has 3 aromatic rings. The van der Waals surface area contributed by atoms with Crippen LogP contribution in [-0.2, 0) is 16.0 Å². The van der Waals surface area contributed by atoms with E-state index in [9.17, 15) is 22.8 Å². The van der Waals surface area contributed by atoms with E-state index in [1.165, 1.54) is 25.2 Å². The van der Waals surface area contributed by atoms with Crippen LogP contribution in [0.3, 0.4) is 0 Å². The SMILES string of the molecule is CN(C(=O)CCc1cccc(F)c1Cl)[C@H](COC(=O)Nc1cc(-c2ccccc2)no1)CC(F)(F)CO. The second-order valence-corrected chi connectivity index (χ2v) is 8.63. The number of benzene rings is 2. The number of alkyl halides is 2. The number of nitrogens with zero attached hydrogens (tertiary/aromatic N) is 2. The van der Waals surface area contributed by atoms with Crippen molar-refractivity contribution in [1.29, 1.82) is 0 Å². The molecule has 0 radical (unpaired) electrons. The Kier molecular flexibility index (Phi) is 9.54. The minimum atomic E-state index is -3.53. The number of aryl methyl sites for hydroxylation is 1. The summed E-state index contributed by atoms with van der Waals surface area (Å²) in [6.45, 7) is -2.04. The van der Waals surface area contributed by atoms with Crippen molar-refractivity contribution in [2.75, 3.05) is 25.6 Å². The maximum absolute atomic E-state index is 14.0. The highest BCUT2D eigenvalue weighted by molar-refractivity contribution is 6.31. The number of likely N-dealkylation sites (N-methyl/N-ethyl adjacent to an activating group) is 1. The Bertz CT molecular complexity index is 1210. The number of carbonyl (C=O) groups is 2. The molecular formula is C25H25ClF3N3O5. The molecule has 2 N–H and O–H groups in total. The topological polar surface area (TPSA) is 105 Å². The lowest BCUT2D eigenvalue weighted by atomic mass is 10.1. The van der Waals surface area contributed by atoms with Gasteiger partial charge in [0, 0.05) is 31.5 Å². The molecule has 37 heavy (non-hydrogen) atoms. The summed E-state index contributed by atoms with van der Waals surface area (Å²) < 4.78 is 51.7. The molecule has 0 unspecified atom stereocenters. The number of hydrogen-bond donors (Lipinski definition) is 2. The van der Waals surface area contributed by atoms with Gasteiger partial charge in [-0.25, -0.2) is 18.0 Å². The quantitative estimate of drug-likeness (QED) is 0.349. The first-order valence-electron chi connectivity index (χ1n) is 11.2. The minimum Gasteiger partial charge on any atom is -0.447 e. The lowest BCUT2D eigenvalue weighted by molar-refractivity contribution is -0.136. The van der Waals surface area contributed by atoms with Gasteiger partial charge in [0.15, 0.2) is 0 Å². The van der Waals surface area contributed by atoms with Gasteiger partial charge >= 0.3 is 6.09 Å². The van der Waals surface area contributed by atoms with Gasteiger partial charge in [-0.2, -0.15) is 0 Å². The molecule has 1 heterocycles. The van der Waals surface area contributed by atoms with Crippen LogP contribution >= 0.6 is 11.6 Å². The average Bonchev–Trinajstić information content (AvgIpc) is 3.35. The van der Waals surface area contributed by atoms with Gasteiger partial charge in [0.1, 0.15) is 24.7 Å². The molecular weight excluding hydrogens is 515 g/mol. The number of ether oxygens (including phenoxy) is 1. The number of aliphatic hydroxyl groups excluding tert-OH is 1. The van der Waals surface area contributed by atoms with Gasteiger partial charge in [-0.3, -0.25) is 10.1 Å². The Hall–Kier alpha value is -3.57. The van der Waals surface area contributed by atoms with Gasteiger partial charge in [0.05, 0.1) is 11.1 Å². The molecule has 8 nitrogen and oxygen atoms in total. The number of amides is 2. The number of anilines is 1. The van der Waals surface area contributed by atoms with Crippen LogP contribution in [0.25, 0.3) is 11.3 Å². The van der Waals surface area contributed by atoms with Crippen LogP contribution in [0.5, 0.6) is 0 Å². The zero-order chi connectivity index (χ0) is 27.0. The molecule has 0 aliphatic rings. The molecule has 198 valence electrons. The van der Waals surface area contributed by atoms with Gasteiger partial charge in [-0.15, -0.1) is 0 Å². The predicted octanol–water partition coefficient (Wildman–Crippen LogP) is 5.16. The fourth-order valence-electron chi connectivity index (χ4n) is 3.47. The fraction of sp³-hybridized carbons (Fsp3) is 0.320. The first-order chi connectivity index (χ1) is 17.6. The van der Waals surface area contributed by atoms with E-state index in [1.807, 2.05) is 6.07 Å². The van der Waals surface area contributed by atoms with Crippen LogP contribution in [0.2, 0.25) is 5.02 Å². The van der Waals surface area contributed by atoms with E-state index < -0.39 is 49.4 Å². The Balaban J connectivity index is 1.60. The lowest BCUT2D eigenvalue weighted by Crippen LogP contribution is -2.45. The molecule has 0 spiro atoms. The average molecular weight is 540 g/mol. The number of carbonyl (C=O) groups excluding carboxylic acids is 2. The second-order valence-electron chi connectivity index (χ2n) is 8.26. The monoisotopic (exact) mass is 539 g/mol. The third-order valence-electron chi connectivity index (χ3n) is 5.56. The van der Waals surface area contributed by atoms with E-state index in [4.69, 9.17) is 26.0 Å². The highest BCUT2D eigenvalue weighted by atomic mass is 35.5. The smallest absolute Gasteiger partial charge is 0.414 e. The van der Waals surface area contributed by atoms with Gasteiger partial charge in [0.2, 0.25) is 11.8 Å². The van der Waals surface area contributed by atoms with Gasteiger partial charge in [0.25, 0.3) is 5.92 Å². The van der Waals surface area contributed by atoms with E-state index in [1.54, 1.807) is 30.3 Å². The van der Waals surface area contributed by atoms with Crippen LogP contribution < -0.4 is 5.32 Å². The van der Waals surface area contributed by atoms with Crippen LogP contribution in [0.4, 0.5) is 23.8 Å². The van der Waals surface area contributed by atoms with Crippen LogP contribution in [0.15, 0.2) is 59.1 Å². The molecule has 0 fully saturated rings. The Morgan fingerprint density at radius 3 is 2.65 bits per heavy atom. The van der Waals surface area contributed by atoms with Gasteiger partial charge < -0.3 is 19.3 Å². The molecule has 0 aliphatic heterocycles. The summed E-state index contributed by atoms with van der Waals surface area (Å²) in [6.07, 6.45) is -2.06. The minimum absolute atomic E-state index is 0.0301. The van der Waals surface area contributed by atoms with Crippen molar-refractivity contribution in [3.63, 3.8) is 0 Å². The molecule has 0 bridgehead atoms. The molecule has 0 aliphatic carbocycles. The van der Waals surface area contributed by atoms with Crippen LogP contribution in [0, 0.1) is 5.82 Å². The number of nitrogens with one attached hydrogen (secondary N) is 1.